The fourth-order valence-corrected chi connectivity index (χ4v) is 3.22. The first-order valence-electron chi connectivity index (χ1n) is 6.88. The van der Waals surface area contributed by atoms with Crippen LogP contribution in [0.4, 0.5) is 0 Å². The molecule has 2 fully saturated rings. The molecule has 2 unspecified atom stereocenters. The number of hydrogen-bond donors (Lipinski definition) is 1. The van der Waals surface area contributed by atoms with Crippen molar-refractivity contribution < 1.29 is 0 Å². The SMILES string of the molecule is CC1CCC(CNC2CC(C(C)C)C2)C1. The third-order valence-electron chi connectivity index (χ3n) is 4.62. The van der Waals surface area contributed by atoms with Crippen LogP contribution in [0.2, 0.25) is 0 Å². The van der Waals surface area contributed by atoms with Crippen molar-refractivity contribution in [2.45, 2.75) is 58.9 Å². The normalized spacial score (nSPS) is 40.8. The summed E-state index contributed by atoms with van der Waals surface area (Å²) < 4.78 is 0. The first-order valence-corrected chi connectivity index (χ1v) is 6.88. The van der Waals surface area contributed by atoms with Crippen molar-refractivity contribution in [3.63, 3.8) is 0 Å². The molecule has 0 spiro atoms. The molecule has 1 nitrogen and oxygen atoms in total. The Kier molecular flexibility index (Phi) is 3.71. The second kappa shape index (κ2) is 4.86. The van der Waals surface area contributed by atoms with Crippen molar-refractivity contribution in [2.75, 3.05) is 6.54 Å². The minimum absolute atomic E-state index is 0.855. The monoisotopic (exact) mass is 209 g/mol. The molecule has 88 valence electrons. The fourth-order valence-electron chi connectivity index (χ4n) is 3.22. The third kappa shape index (κ3) is 2.96. The van der Waals surface area contributed by atoms with Crippen molar-refractivity contribution in [3.8, 4) is 0 Å². The quantitative estimate of drug-likeness (QED) is 0.748. The molecule has 15 heavy (non-hydrogen) atoms. The summed E-state index contributed by atoms with van der Waals surface area (Å²) in [6.45, 7) is 8.41. The molecule has 2 aliphatic rings. The molecule has 0 aromatic carbocycles. The van der Waals surface area contributed by atoms with Gasteiger partial charge in [0, 0.05) is 6.04 Å². The highest BCUT2D eigenvalue weighted by atomic mass is 14.9. The summed E-state index contributed by atoms with van der Waals surface area (Å²) in [4.78, 5) is 0. The zero-order valence-corrected chi connectivity index (χ0v) is 10.6. The van der Waals surface area contributed by atoms with E-state index in [1.165, 1.54) is 38.6 Å². The van der Waals surface area contributed by atoms with Gasteiger partial charge in [0.25, 0.3) is 0 Å². The Morgan fingerprint density at radius 2 is 1.87 bits per heavy atom. The van der Waals surface area contributed by atoms with Gasteiger partial charge in [0.2, 0.25) is 0 Å². The first kappa shape index (κ1) is 11.4. The van der Waals surface area contributed by atoms with E-state index in [9.17, 15) is 0 Å². The molecule has 1 N–H and O–H groups in total. The summed E-state index contributed by atoms with van der Waals surface area (Å²) in [6.07, 6.45) is 7.26. The van der Waals surface area contributed by atoms with Crippen molar-refractivity contribution in [3.05, 3.63) is 0 Å². The van der Waals surface area contributed by atoms with E-state index in [0.29, 0.717) is 0 Å². The van der Waals surface area contributed by atoms with Gasteiger partial charge in [-0.1, -0.05) is 27.2 Å². The Balaban J connectivity index is 1.56. The van der Waals surface area contributed by atoms with E-state index < -0.39 is 0 Å². The van der Waals surface area contributed by atoms with Crippen LogP contribution in [0.1, 0.15) is 52.9 Å². The average molecular weight is 209 g/mol. The van der Waals surface area contributed by atoms with Gasteiger partial charge in [-0.15, -0.1) is 0 Å². The maximum Gasteiger partial charge on any atom is 0.00726 e. The number of hydrogen-bond acceptors (Lipinski definition) is 1. The minimum atomic E-state index is 0.855. The molecule has 2 atom stereocenters. The van der Waals surface area contributed by atoms with Gasteiger partial charge in [-0.25, -0.2) is 0 Å². The van der Waals surface area contributed by atoms with Gasteiger partial charge in [-0.3, -0.25) is 0 Å². The topological polar surface area (TPSA) is 12.0 Å². The minimum Gasteiger partial charge on any atom is -0.314 e. The van der Waals surface area contributed by atoms with Crippen molar-refractivity contribution in [1.29, 1.82) is 0 Å². The Morgan fingerprint density at radius 3 is 2.40 bits per heavy atom. The van der Waals surface area contributed by atoms with Gasteiger partial charge >= 0.3 is 0 Å². The van der Waals surface area contributed by atoms with Gasteiger partial charge in [-0.2, -0.15) is 0 Å². The molecule has 0 radical (unpaired) electrons. The van der Waals surface area contributed by atoms with Crippen LogP contribution in [-0.4, -0.2) is 12.6 Å². The lowest BCUT2D eigenvalue weighted by Crippen LogP contribution is -2.44. The molecule has 1 heteroatoms. The molecule has 2 saturated carbocycles. The molecule has 0 amide bonds. The molecule has 0 aliphatic heterocycles. The maximum atomic E-state index is 3.77. The van der Waals surface area contributed by atoms with Crippen molar-refractivity contribution >= 4 is 0 Å². The van der Waals surface area contributed by atoms with Crippen molar-refractivity contribution in [1.82, 2.24) is 5.32 Å². The smallest absolute Gasteiger partial charge is 0.00726 e. The van der Waals surface area contributed by atoms with E-state index in [1.807, 2.05) is 0 Å². The highest BCUT2D eigenvalue weighted by Gasteiger charge is 2.31. The van der Waals surface area contributed by atoms with Gasteiger partial charge in [0.15, 0.2) is 0 Å². The molecular formula is C14H27N. The van der Waals surface area contributed by atoms with E-state index in [-0.39, 0.29) is 0 Å². The molecule has 2 aliphatic carbocycles. The van der Waals surface area contributed by atoms with E-state index >= 15 is 0 Å². The summed E-state index contributed by atoms with van der Waals surface area (Å²) in [5.41, 5.74) is 0. The Hall–Kier alpha value is -0.0400. The predicted molar refractivity (Wildman–Crippen MR) is 65.9 cm³/mol. The van der Waals surface area contributed by atoms with Crippen LogP contribution in [0.25, 0.3) is 0 Å². The molecule has 0 heterocycles. The Morgan fingerprint density at radius 1 is 1.13 bits per heavy atom. The fraction of sp³-hybridized carbons (Fsp3) is 1.00. The highest BCUT2D eigenvalue weighted by Crippen LogP contribution is 2.34. The lowest BCUT2D eigenvalue weighted by molar-refractivity contribution is 0.164. The summed E-state index contributed by atoms with van der Waals surface area (Å²) >= 11 is 0. The average Bonchev–Trinajstić information content (AvgIpc) is 2.48. The number of nitrogens with one attached hydrogen (secondary N) is 1. The molecule has 0 aromatic rings. The summed E-state index contributed by atoms with van der Waals surface area (Å²) in [7, 11) is 0. The largest absolute Gasteiger partial charge is 0.314 e. The van der Waals surface area contributed by atoms with Gasteiger partial charge in [0.1, 0.15) is 0 Å². The molecular weight excluding hydrogens is 182 g/mol. The van der Waals surface area contributed by atoms with E-state index in [0.717, 1.165) is 29.7 Å². The summed E-state index contributed by atoms with van der Waals surface area (Å²) in [5, 5.41) is 3.77. The molecule has 0 bridgehead atoms. The van der Waals surface area contributed by atoms with Crippen LogP contribution < -0.4 is 5.32 Å². The highest BCUT2D eigenvalue weighted by molar-refractivity contribution is 4.87. The number of rotatable bonds is 4. The van der Waals surface area contributed by atoms with E-state index in [2.05, 4.69) is 26.1 Å². The van der Waals surface area contributed by atoms with Crippen LogP contribution in [0.5, 0.6) is 0 Å². The second-order valence-electron chi connectivity index (χ2n) is 6.36. The Bertz CT molecular complexity index is 194. The standard InChI is InChI=1S/C14H27N/c1-10(2)13-7-14(8-13)15-9-12-5-4-11(3)6-12/h10-15H,4-9H2,1-3H3. The molecule has 0 saturated heterocycles. The van der Waals surface area contributed by atoms with E-state index in [1.54, 1.807) is 0 Å². The van der Waals surface area contributed by atoms with Crippen molar-refractivity contribution in [2.24, 2.45) is 23.7 Å². The predicted octanol–water partition coefficient (Wildman–Crippen LogP) is 3.45. The van der Waals surface area contributed by atoms with Gasteiger partial charge < -0.3 is 5.32 Å². The third-order valence-corrected chi connectivity index (χ3v) is 4.62. The Labute approximate surface area is 95.0 Å². The van der Waals surface area contributed by atoms with Crippen LogP contribution in [-0.2, 0) is 0 Å². The van der Waals surface area contributed by atoms with Crippen LogP contribution in [0, 0.1) is 23.7 Å². The maximum absolute atomic E-state index is 3.77. The van der Waals surface area contributed by atoms with E-state index in [4.69, 9.17) is 0 Å². The van der Waals surface area contributed by atoms with Gasteiger partial charge in [0.05, 0.1) is 0 Å². The van der Waals surface area contributed by atoms with Crippen LogP contribution in [0.15, 0.2) is 0 Å². The zero-order chi connectivity index (χ0) is 10.8. The summed E-state index contributed by atoms with van der Waals surface area (Å²) in [5.74, 6) is 3.87. The lowest BCUT2D eigenvalue weighted by atomic mass is 9.73. The van der Waals surface area contributed by atoms with Gasteiger partial charge in [-0.05, 0) is 55.9 Å². The second-order valence-corrected chi connectivity index (χ2v) is 6.36. The first-order chi connectivity index (χ1) is 7.15. The van der Waals surface area contributed by atoms with Crippen LogP contribution >= 0.6 is 0 Å². The van der Waals surface area contributed by atoms with Crippen LogP contribution in [0.3, 0.4) is 0 Å². The molecule has 2 rings (SSSR count). The zero-order valence-electron chi connectivity index (χ0n) is 10.6. The summed E-state index contributed by atoms with van der Waals surface area (Å²) in [6, 6.07) is 0.855. The molecule has 0 aromatic heterocycles. The lowest BCUT2D eigenvalue weighted by Gasteiger charge is -2.39.